The molecule has 2 unspecified atom stereocenters. The molecular weight excluding hydrogens is 390 g/mol. The van der Waals surface area contributed by atoms with Gasteiger partial charge in [-0.1, -0.05) is 0 Å². The van der Waals surface area contributed by atoms with Gasteiger partial charge in [-0.2, -0.15) is 0 Å². The monoisotopic (exact) mass is 425 g/mol. The Kier molecular flexibility index (Phi) is 8.48. The summed E-state index contributed by atoms with van der Waals surface area (Å²) in [5.41, 5.74) is 3.07. The molecule has 0 saturated carbocycles. The second kappa shape index (κ2) is 10.4. The standard InChI is InChI=1S/C21H35N3O4S/c1-15(2)29(26,27)22-11-7-6-8-21(25)23-19-9-10-20(16(3)12-19)24-13-17(4)28-18(5)14-24/h9-10,12,15,17-18,22H,6-8,11,13-14H2,1-5H3,(H,23,25). The van der Waals surface area contributed by atoms with Crippen molar-refractivity contribution >= 4 is 27.3 Å². The Labute approximate surface area is 175 Å². The summed E-state index contributed by atoms with van der Waals surface area (Å²) < 4.78 is 31.7. The highest BCUT2D eigenvalue weighted by Crippen LogP contribution is 2.26. The number of ether oxygens (including phenoxy) is 1. The fourth-order valence-electron chi connectivity index (χ4n) is 3.48. The number of nitrogens with zero attached hydrogens (tertiary/aromatic N) is 1. The number of hydrogen-bond donors (Lipinski definition) is 2. The van der Waals surface area contributed by atoms with Crippen molar-refractivity contribution in [3.8, 4) is 0 Å². The van der Waals surface area contributed by atoms with Crippen LogP contribution >= 0.6 is 0 Å². The van der Waals surface area contributed by atoms with E-state index < -0.39 is 15.3 Å². The molecule has 2 N–H and O–H groups in total. The maximum Gasteiger partial charge on any atom is 0.224 e. The number of amides is 1. The van der Waals surface area contributed by atoms with Gasteiger partial charge in [-0.05, 0) is 71.2 Å². The van der Waals surface area contributed by atoms with Gasteiger partial charge in [-0.15, -0.1) is 0 Å². The second-order valence-electron chi connectivity index (χ2n) is 8.16. The van der Waals surface area contributed by atoms with Gasteiger partial charge in [0.2, 0.25) is 15.9 Å². The fourth-order valence-corrected chi connectivity index (χ4v) is 4.24. The van der Waals surface area contributed by atoms with E-state index >= 15 is 0 Å². The molecular formula is C21H35N3O4S. The van der Waals surface area contributed by atoms with Gasteiger partial charge in [-0.3, -0.25) is 4.79 Å². The lowest BCUT2D eigenvalue weighted by Crippen LogP contribution is -2.45. The molecule has 2 atom stereocenters. The molecule has 1 aromatic rings. The summed E-state index contributed by atoms with van der Waals surface area (Å²) in [6.07, 6.45) is 2.02. The molecule has 0 bridgehead atoms. The normalized spacial score (nSPS) is 20.1. The van der Waals surface area contributed by atoms with Gasteiger partial charge in [0.1, 0.15) is 0 Å². The molecule has 8 heteroatoms. The molecule has 1 aromatic carbocycles. The van der Waals surface area contributed by atoms with Crippen LogP contribution in [0.15, 0.2) is 18.2 Å². The quantitative estimate of drug-likeness (QED) is 0.594. The number of hydrogen-bond acceptors (Lipinski definition) is 5. The number of benzene rings is 1. The number of aryl methyl sites for hydroxylation is 1. The molecule has 2 rings (SSSR count). The summed E-state index contributed by atoms with van der Waals surface area (Å²) in [5.74, 6) is -0.0579. The van der Waals surface area contributed by atoms with Crippen LogP contribution in [0.3, 0.4) is 0 Å². The fraction of sp³-hybridized carbons (Fsp3) is 0.667. The highest BCUT2D eigenvalue weighted by atomic mass is 32.2. The summed E-state index contributed by atoms with van der Waals surface area (Å²) in [4.78, 5) is 14.5. The number of morpholine rings is 1. The minimum atomic E-state index is -3.24. The number of nitrogens with one attached hydrogen (secondary N) is 2. The summed E-state index contributed by atoms with van der Waals surface area (Å²) in [5, 5.41) is 2.49. The topological polar surface area (TPSA) is 87.7 Å². The third kappa shape index (κ3) is 7.28. The highest BCUT2D eigenvalue weighted by molar-refractivity contribution is 7.90. The molecule has 1 amide bonds. The van der Waals surface area contributed by atoms with E-state index in [-0.39, 0.29) is 18.1 Å². The Bertz CT molecular complexity index is 785. The van der Waals surface area contributed by atoms with E-state index in [4.69, 9.17) is 4.74 Å². The molecule has 0 radical (unpaired) electrons. The van der Waals surface area contributed by atoms with Gasteiger partial charge in [-0.25, -0.2) is 13.1 Å². The Morgan fingerprint density at radius 3 is 2.45 bits per heavy atom. The van der Waals surface area contributed by atoms with Crippen LogP contribution in [-0.2, 0) is 19.6 Å². The van der Waals surface area contributed by atoms with Crippen LogP contribution in [0.25, 0.3) is 0 Å². The zero-order valence-corrected chi connectivity index (χ0v) is 19.0. The van der Waals surface area contributed by atoms with E-state index in [2.05, 4.69) is 41.8 Å². The molecule has 1 heterocycles. The van der Waals surface area contributed by atoms with E-state index in [0.29, 0.717) is 25.8 Å². The Balaban J connectivity index is 1.80. The van der Waals surface area contributed by atoms with E-state index in [0.717, 1.165) is 24.3 Å². The largest absolute Gasteiger partial charge is 0.372 e. The van der Waals surface area contributed by atoms with Crippen LogP contribution in [-0.4, -0.2) is 51.4 Å². The maximum absolute atomic E-state index is 12.2. The first-order valence-electron chi connectivity index (χ1n) is 10.4. The summed E-state index contributed by atoms with van der Waals surface area (Å²) >= 11 is 0. The zero-order valence-electron chi connectivity index (χ0n) is 18.2. The van der Waals surface area contributed by atoms with E-state index in [9.17, 15) is 13.2 Å². The number of anilines is 2. The first-order valence-corrected chi connectivity index (χ1v) is 11.9. The average molecular weight is 426 g/mol. The number of unbranched alkanes of at least 4 members (excludes halogenated alkanes) is 1. The minimum Gasteiger partial charge on any atom is -0.372 e. The van der Waals surface area contributed by atoms with Crippen LogP contribution in [0, 0.1) is 6.92 Å². The first-order chi connectivity index (χ1) is 13.6. The zero-order chi connectivity index (χ0) is 21.6. The van der Waals surface area contributed by atoms with Crippen LogP contribution < -0.4 is 14.9 Å². The summed E-state index contributed by atoms with van der Waals surface area (Å²) in [7, 11) is -3.24. The number of rotatable bonds is 9. The minimum absolute atomic E-state index is 0.0579. The lowest BCUT2D eigenvalue weighted by molar-refractivity contribution is -0.116. The van der Waals surface area contributed by atoms with Crippen molar-refractivity contribution in [2.75, 3.05) is 29.9 Å². The van der Waals surface area contributed by atoms with Gasteiger partial charge in [0.05, 0.1) is 17.5 Å². The summed E-state index contributed by atoms with van der Waals surface area (Å²) in [6, 6.07) is 5.98. The van der Waals surface area contributed by atoms with Crippen molar-refractivity contribution in [1.82, 2.24) is 4.72 Å². The van der Waals surface area contributed by atoms with E-state index in [1.165, 1.54) is 5.69 Å². The van der Waals surface area contributed by atoms with Crippen LogP contribution in [0.1, 0.15) is 52.5 Å². The van der Waals surface area contributed by atoms with Gasteiger partial charge in [0.15, 0.2) is 0 Å². The molecule has 7 nitrogen and oxygen atoms in total. The lowest BCUT2D eigenvalue weighted by atomic mass is 10.1. The maximum atomic E-state index is 12.2. The van der Waals surface area contributed by atoms with Gasteiger partial charge in [0.25, 0.3) is 0 Å². The predicted octanol–water partition coefficient (Wildman–Crippen LogP) is 3.05. The van der Waals surface area contributed by atoms with Crippen molar-refractivity contribution < 1.29 is 17.9 Å². The van der Waals surface area contributed by atoms with Crippen LogP contribution in [0.2, 0.25) is 0 Å². The number of carbonyl (C=O) groups is 1. The highest BCUT2D eigenvalue weighted by Gasteiger charge is 2.23. The molecule has 0 aliphatic carbocycles. The second-order valence-corrected chi connectivity index (χ2v) is 10.5. The number of carbonyl (C=O) groups excluding carboxylic acids is 1. The average Bonchev–Trinajstić information content (AvgIpc) is 2.60. The smallest absolute Gasteiger partial charge is 0.224 e. The lowest BCUT2D eigenvalue weighted by Gasteiger charge is -2.37. The SMILES string of the molecule is Cc1cc(NC(=O)CCCCNS(=O)(=O)C(C)C)ccc1N1CC(C)OC(C)C1. The van der Waals surface area contributed by atoms with Gasteiger partial charge >= 0.3 is 0 Å². The predicted molar refractivity (Wildman–Crippen MR) is 118 cm³/mol. The third-order valence-electron chi connectivity index (χ3n) is 5.00. The molecule has 0 spiro atoms. The van der Waals surface area contributed by atoms with Crippen molar-refractivity contribution in [3.05, 3.63) is 23.8 Å². The van der Waals surface area contributed by atoms with Crippen molar-refractivity contribution in [2.24, 2.45) is 0 Å². The van der Waals surface area contributed by atoms with E-state index in [1.54, 1.807) is 13.8 Å². The van der Waals surface area contributed by atoms with E-state index in [1.807, 2.05) is 12.1 Å². The first kappa shape index (κ1) is 23.6. The molecule has 1 aliphatic heterocycles. The van der Waals surface area contributed by atoms with Crippen molar-refractivity contribution in [2.45, 2.75) is 71.3 Å². The van der Waals surface area contributed by atoms with Crippen molar-refractivity contribution in [1.29, 1.82) is 0 Å². The third-order valence-corrected chi connectivity index (χ3v) is 6.84. The molecule has 164 valence electrons. The molecule has 29 heavy (non-hydrogen) atoms. The van der Waals surface area contributed by atoms with Gasteiger partial charge < -0.3 is 15.0 Å². The van der Waals surface area contributed by atoms with Gasteiger partial charge in [0, 0.05) is 37.4 Å². The molecule has 1 fully saturated rings. The molecule has 1 saturated heterocycles. The van der Waals surface area contributed by atoms with Crippen LogP contribution in [0.5, 0.6) is 0 Å². The summed E-state index contributed by atoms with van der Waals surface area (Å²) in [6.45, 7) is 11.6. The Morgan fingerprint density at radius 2 is 1.86 bits per heavy atom. The Hall–Kier alpha value is -1.64. The number of sulfonamides is 1. The molecule has 1 aliphatic rings. The van der Waals surface area contributed by atoms with Crippen LogP contribution in [0.4, 0.5) is 11.4 Å². The molecule has 0 aromatic heterocycles. The Morgan fingerprint density at radius 1 is 1.21 bits per heavy atom. The van der Waals surface area contributed by atoms with Crippen molar-refractivity contribution in [3.63, 3.8) is 0 Å².